The van der Waals surface area contributed by atoms with E-state index in [2.05, 4.69) is 20.2 Å². The van der Waals surface area contributed by atoms with Crippen molar-refractivity contribution in [3.63, 3.8) is 0 Å². The van der Waals surface area contributed by atoms with Crippen molar-refractivity contribution in [3.05, 3.63) is 52.6 Å². The number of esters is 1. The molecule has 1 aromatic carbocycles. The van der Waals surface area contributed by atoms with Gasteiger partial charge in [-0.1, -0.05) is 41.2 Å². The number of aromatic nitrogens is 5. The number of halogens is 1. The second kappa shape index (κ2) is 10.3. The molecule has 0 aliphatic carbocycles. The summed E-state index contributed by atoms with van der Waals surface area (Å²) in [7, 11) is 0. The van der Waals surface area contributed by atoms with Crippen molar-refractivity contribution >= 4 is 41.1 Å². The van der Waals surface area contributed by atoms with E-state index in [1.807, 2.05) is 42.7 Å². The normalized spacial score (nSPS) is 12.0. The summed E-state index contributed by atoms with van der Waals surface area (Å²) in [6.45, 7) is 7.80. The molecule has 3 aromatic rings. The van der Waals surface area contributed by atoms with Crippen LogP contribution in [0.1, 0.15) is 31.1 Å². The molecule has 158 valence electrons. The molecule has 3 rings (SSSR count). The van der Waals surface area contributed by atoms with E-state index in [0.29, 0.717) is 33.5 Å². The third-order valence-corrected chi connectivity index (χ3v) is 6.06. The van der Waals surface area contributed by atoms with Gasteiger partial charge < -0.3 is 4.74 Å². The standard InChI is InChI=1S/C20H22ClN5O2S2/c1-5-28-18(27)14(4)30-20-25-24-17(26(20)16-8-6-7-15(21)10-16)11-29-19-22-12(2)9-13(3)23-19/h6-10,14H,5,11H2,1-4H3/t14-/m1/s1. The molecular weight excluding hydrogens is 442 g/mol. The van der Waals surface area contributed by atoms with E-state index < -0.39 is 5.25 Å². The Hall–Kier alpha value is -2.10. The summed E-state index contributed by atoms with van der Waals surface area (Å²) < 4.78 is 7.02. The zero-order chi connectivity index (χ0) is 21.7. The number of hydrogen-bond donors (Lipinski definition) is 0. The lowest BCUT2D eigenvalue weighted by atomic mass is 10.3. The zero-order valence-electron chi connectivity index (χ0n) is 17.1. The minimum Gasteiger partial charge on any atom is -0.465 e. The highest BCUT2D eigenvalue weighted by Gasteiger charge is 2.22. The summed E-state index contributed by atoms with van der Waals surface area (Å²) in [5.41, 5.74) is 2.66. The van der Waals surface area contributed by atoms with Gasteiger partial charge in [-0.25, -0.2) is 9.97 Å². The molecule has 2 heterocycles. The van der Waals surface area contributed by atoms with Crippen LogP contribution >= 0.6 is 35.1 Å². The average Bonchev–Trinajstić information content (AvgIpc) is 3.08. The number of hydrogen-bond acceptors (Lipinski definition) is 8. The average molecular weight is 464 g/mol. The topological polar surface area (TPSA) is 82.8 Å². The van der Waals surface area contributed by atoms with Crippen LogP contribution in [0.4, 0.5) is 0 Å². The first kappa shape index (κ1) is 22.6. The van der Waals surface area contributed by atoms with Crippen molar-refractivity contribution in [1.82, 2.24) is 24.7 Å². The minimum atomic E-state index is -0.421. The highest BCUT2D eigenvalue weighted by Crippen LogP contribution is 2.29. The molecule has 0 N–H and O–H groups in total. The predicted molar refractivity (Wildman–Crippen MR) is 119 cm³/mol. The van der Waals surface area contributed by atoms with Gasteiger partial charge in [0.2, 0.25) is 0 Å². The fourth-order valence-electron chi connectivity index (χ4n) is 2.70. The molecule has 0 saturated heterocycles. The molecule has 0 unspecified atom stereocenters. The highest BCUT2D eigenvalue weighted by molar-refractivity contribution is 8.00. The van der Waals surface area contributed by atoms with Crippen LogP contribution in [0.2, 0.25) is 5.02 Å². The first-order valence-electron chi connectivity index (χ1n) is 9.36. The summed E-state index contributed by atoms with van der Waals surface area (Å²) in [5.74, 6) is 0.933. The van der Waals surface area contributed by atoms with Gasteiger partial charge in [0.15, 0.2) is 10.3 Å². The van der Waals surface area contributed by atoms with E-state index in [1.54, 1.807) is 19.9 Å². The molecule has 7 nitrogen and oxygen atoms in total. The van der Waals surface area contributed by atoms with E-state index >= 15 is 0 Å². The van der Waals surface area contributed by atoms with Crippen LogP contribution in [0.25, 0.3) is 5.69 Å². The second-order valence-electron chi connectivity index (χ2n) is 6.45. The van der Waals surface area contributed by atoms with Gasteiger partial charge in [-0.15, -0.1) is 10.2 Å². The monoisotopic (exact) mass is 463 g/mol. The fourth-order valence-corrected chi connectivity index (χ4v) is 4.63. The Bertz CT molecular complexity index is 1020. The van der Waals surface area contributed by atoms with Crippen molar-refractivity contribution < 1.29 is 9.53 Å². The van der Waals surface area contributed by atoms with Crippen molar-refractivity contribution in [3.8, 4) is 5.69 Å². The van der Waals surface area contributed by atoms with Crippen LogP contribution in [0.5, 0.6) is 0 Å². The molecule has 0 saturated carbocycles. The largest absolute Gasteiger partial charge is 0.465 e. The summed E-state index contributed by atoms with van der Waals surface area (Å²) >= 11 is 8.99. The van der Waals surface area contributed by atoms with Gasteiger partial charge in [-0.3, -0.25) is 9.36 Å². The summed E-state index contributed by atoms with van der Waals surface area (Å²) in [6, 6.07) is 9.37. The summed E-state index contributed by atoms with van der Waals surface area (Å²) in [4.78, 5) is 21.0. The van der Waals surface area contributed by atoms with Gasteiger partial charge in [0.25, 0.3) is 0 Å². The van der Waals surface area contributed by atoms with E-state index in [9.17, 15) is 4.79 Å². The molecule has 30 heavy (non-hydrogen) atoms. The Morgan fingerprint density at radius 3 is 2.60 bits per heavy atom. The minimum absolute atomic E-state index is 0.289. The van der Waals surface area contributed by atoms with E-state index in [0.717, 1.165) is 17.1 Å². The Labute approximate surface area is 189 Å². The van der Waals surface area contributed by atoms with Gasteiger partial charge in [-0.2, -0.15) is 0 Å². The fraction of sp³-hybridized carbons (Fsp3) is 0.350. The second-order valence-corrected chi connectivity index (χ2v) is 9.14. The van der Waals surface area contributed by atoms with Crippen LogP contribution < -0.4 is 0 Å². The Balaban J connectivity index is 1.90. The van der Waals surface area contributed by atoms with E-state index in [1.165, 1.54) is 23.5 Å². The maximum atomic E-state index is 12.1. The number of carbonyl (C=O) groups is 1. The van der Waals surface area contributed by atoms with Crippen LogP contribution in [-0.2, 0) is 15.3 Å². The first-order chi connectivity index (χ1) is 14.4. The van der Waals surface area contributed by atoms with Crippen LogP contribution in [0.3, 0.4) is 0 Å². The molecular formula is C20H22ClN5O2S2. The molecule has 0 aliphatic heterocycles. The molecule has 0 aliphatic rings. The molecule has 2 aromatic heterocycles. The SMILES string of the molecule is CCOC(=O)[C@@H](C)Sc1nnc(CSc2nc(C)cc(C)n2)n1-c1cccc(Cl)c1. The van der Waals surface area contributed by atoms with Gasteiger partial charge in [0.05, 0.1) is 18.0 Å². The molecule has 0 bridgehead atoms. The number of benzene rings is 1. The van der Waals surface area contributed by atoms with Crippen molar-refractivity contribution in [2.75, 3.05) is 6.61 Å². The molecule has 0 fully saturated rings. The van der Waals surface area contributed by atoms with E-state index in [4.69, 9.17) is 16.3 Å². The molecule has 10 heteroatoms. The first-order valence-corrected chi connectivity index (χ1v) is 11.6. The summed E-state index contributed by atoms with van der Waals surface area (Å²) in [5, 5.41) is 10.1. The van der Waals surface area contributed by atoms with E-state index in [-0.39, 0.29) is 5.97 Å². The lowest BCUT2D eigenvalue weighted by Crippen LogP contribution is -2.17. The molecule has 0 radical (unpaired) electrons. The maximum absolute atomic E-state index is 12.1. The zero-order valence-corrected chi connectivity index (χ0v) is 19.5. The Kier molecular flexibility index (Phi) is 7.74. The van der Waals surface area contributed by atoms with Crippen LogP contribution in [0, 0.1) is 13.8 Å². The quantitative estimate of drug-likeness (QED) is 0.271. The summed E-state index contributed by atoms with van der Waals surface area (Å²) in [6.07, 6.45) is 0. The Morgan fingerprint density at radius 1 is 1.20 bits per heavy atom. The highest BCUT2D eigenvalue weighted by atomic mass is 35.5. The lowest BCUT2D eigenvalue weighted by molar-refractivity contribution is -0.142. The number of ether oxygens (including phenoxy) is 1. The van der Waals surface area contributed by atoms with Gasteiger partial charge >= 0.3 is 5.97 Å². The third-order valence-electron chi connectivity index (χ3n) is 3.96. The third kappa shape index (κ3) is 5.74. The van der Waals surface area contributed by atoms with Gasteiger partial charge in [0, 0.05) is 16.4 Å². The van der Waals surface area contributed by atoms with Crippen molar-refractivity contribution in [2.24, 2.45) is 0 Å². The molecule has 0 spiro atoms. The van der Waals surface area contributed by atoms with Gasteiger partial charge in [-0.05, 0) is 52.0 Å². The number of thioether (sulfide) groups is 2. The van der Waals surface area contributed by atoms with Crippen molar-refractivity contribution in [2.45, 2.75) is 49.0 Å². The number of aryl methyl sites for hydroxylation is 2. The van der Waals surface area contributed by atoms with Gasteiger partial charge in [0.1, 0.15) is 11.1 Å². The van der Waals surface area contributed by atoms with Crippen LogP contribution in [-0.4, -0.2) is 42.6 Å². The number of nitrogens with zero attached hydrogens (tertiary/aromatic N) is 5. The smallest absolute Gasteiger partial charge is 0.319 e. The maximum Gasteiger partial charge on any atom is 0.319 e. The molecule has 1 atom stereocenters. The van der Waals surface area contributed by atoms with Crippen molar-refractivity contribution in [1.29, 1.82) is 0 Å². The number of carbonyl (C=O) groups excluding carboxylic acids is 1. The Morgan fingerprint density at radius 2 is 1.93 bits per heavy atom. The predicted octanol–water partition coefficient (Wildman–Crippen LogP) is 4.66. The van der Waals surface area contributed by atoms with Crippen LogP contribution in [0.15, 0.2) is 40.6 Å². The lowest BCUT2D eigenvalue weighted by Gasteiger charge is -2.13. The molecule has 0 amide bonds. The number of rotatable bonds is 8.